The fourth-order valence-corrected chi connectivity index (χ4v) is 2.23. The van der Waals surface area contributed by atoms with Gasteiger partial charge in [-0.05, 0) is 31.0 Å². The zero-order valence-corrected chi connectivity index (χ0v) is 10.7. The molecule has 0 amide bonds. The molecule has 1 heterocycles. The Hall–Kier alpha value is -1.14. The number of hydrogen-bond donors (Lipinski definition) is 1. The molecule has 1 saturated heterocycles. The maximum Gasteiger partial charge on any atom is 0.573 e. The van der Waals surface area contributed by atoms with Gasteiger partial charge in [-0.15, -0.1) is 13.2 Å². The first kappa shape index (κ1) is 14.3. The number of aliphatic hydroxyl groups is 1. The molecule has 1 aromatic rings. The zero-order valence-electron chi connectivity index (χ0n) is 9.95. The lowest BCUT2D eigenvalue weighted by atomic mass is 10.1. The minimum atomic E-state index is -4.75. The molecule has 19 heavy (non-hydrogen) atoms. The average Bonchev–Trinajstić information content (AvgIpc) is 2.31. The fraction of sp³-hybridized carbons (Fsp3) is 0.500. The molecular weight excluding hydrogens is 283 g/mol. The van der Waals surface area contributed by atoms with Gasteiger partial charge in [-0.25, -0.2) is 0 Å². The number of piperidine rings is 1. The Kier molecular flexibility index (Phi) is 4.10. The van der Waals surface area contributed by atoms with Crippen molar-refractivity contribution >= 4 is 17.3 Å². The third kappa shape index (κ3) is 3.91. The predicted octanol–water partition coefficient (Wildman–Crippen LogP) is 3.20. The van der Waals surface area contributed by atoms with Gasteiger partial charge in [0.2, 0.25) is 0 Å². The number of ether oxygens (including phenoxy) is 1. The summed E-state index contributed by atoms with van der Waals surface area (Å²) in [4.78, 5) is 1.97. The van der Waals surface area contributed by atoms with Gasteiger partial charge in [-0.1, -0.05) is 11.6 Å². The van der Waals surface area contributed by atoms with Crippen LogP contribution in [-0.4, -0.2) is 30.7 Å². The van der Waals surface area contributed by atoms with E-state index < -0.39 is 12.1 Å². The van der Waals surface area contributed by atoms with Crippen molar-refractivity contribution in [3.8, 4) is 5.75 Å². The molecule has 0 atom stereocenters. The van der Waals surface area contributed by atoms with Crippen LogP contribution in [0.1, 0.15) is 12.8 Å². The van der Waals surface area contributed by atoms with E-state index >= 15 is 0 Å². The van der Waals surface area contributed by atoms with E-state index in [9.17, 15) is 18.3 Å². The van der Waals surface area contributed by atoms with E-state index in [4.69, 9.17) is 11.6 Å². The number of anilines is 1. The van der Waals surface area contributed by atoms with Crippen molar-refractivity contribution in [2.45, 2.75) is 25.3 Å². The lowest BCUT2D eigenvalue weighted by molar-refractivity contribution is -0.274. The third-order valence-electron chi connectivity index (χ3n) is 2.97. The maximum absolute atomic E-state index is 12.1. The summed E-state index contributed by atoms with van der Waals surface area (Å²) >= 11 is 5.78. The van der Waals surface area contributed by atoms with Gasteiger partial charge in [-0.3, -0.25) is 0 Å². The summed E-state index contributed by atoms with van der Waals surface area (Å²) in [5, 5.41) is 9.32. The van der Waals surface area contributed by atoms with E-state index in [2.05, 4.69) is 4.74 Å². The molecule has 1 aliphatic rings. The lowest BCUT2D eigenvalue weighted by Crippen LogP contribution is -2.35. The number of halogens is 4. The van der Waals surface area contributed by atoms with Crippen molar-refractivity contribution in [2.24, 2.45) is 0 Å². The quantitative estimate of drug-likeness (QED) is 0.909. The molecule has 2 rings (SSSR count). The van der Waals surface area contributed by atoms with Crippen LogP contribution in [0.2, 0.25) is 5.02 Å². The molecule has 1 aromatic carbocycles. The Morgan fingerprint density at radius 1 is 1.26 bits per heavy atom. The average molecular weight is 296 g/mol. The lowest BCUT2D eigenvalue weighted by Gasteiger charge is -2.31. The van der Waals surface area contributed by atoms with Gasteiger partial charge >= 0.3 is 6.36 Å². The van der Waals surface area contributed by atoms with E-state index in [-0.39, 0.29) is 11.1 Å². The highest BCUT2D eigenvalue weighted by Crippen LogP contribution is 2.33. The van der Waals surface area contributed by atoms with Gasteiger partial charge in [0.05, 0.1) is 11.1 Å². The largest absolute Gasteiger partial charge is 0.573 e. The molecule has 0 bridgehead atoms. The van der Waals surface area contributed by atoms with Crippen LogP contribution in [0.15, 0.2) is 18.2 Å². The summed E-state index contributed by atoms with van der Waals surface area (Å²) in [5.74, 6) is -0.407. The number of rotatable bonds is 2. The van der Waals surface area contributed by atoms with Crippen molar-refractivity contribution in [1.82, 2.24) is 0 Å². The smallest absolute Gasteiger partial charge is 0.404 e. The molecule has 1 aliphatic heterocycles. The number of aliphatic hydroxyl groups excluding tert-OH is 1. The zero-order chi connectivity index (χ0) is 14.0. The number of benzene rings is 1. The first-order valence-corrected chi connectivity index (χ1v) is 6.21. The summed E-state index contributed by atoms with van der Waals surface area (Å²) in [7, 11) is 0. The summed E-state index contributed by atoms with van der Waals surface area (Å²) in [5.41, 5.74) is 0.728. The highest BCUT2D eigenvalue weighted by atomic mass is 35.5. The molecule has 0 spiro atoms. The highest BCUT2D eigenvalue weighted by Gasteiger charge is 2.32. The molecule has 106 valence electrons. The van der Waals surface area contributed by atoms with E-state index in [0.717, 1.165) is 5.69 Å². The third-order valence-corrected chi connectivity index (χ3v) is 3.27. The molecule has 7 heteroatoms. The van der Waals surface area contributed by atoms with Gasteiger partial charge in [0.15, 0.2) is 0 Å². The summed E-state index contributed by atoms with van der Waals surface area (Å²) in [6.45, 7) is 1.30. The number of alkyl halides is 3. The SMILES string of the molecule is OC1CCN(c2ccc(OC(F)(F)F)c(Cl)c2)CC1. The second-order valence-electron chi connectivity index (χ2n) is 4.38. The van der Waals surface area contributed by atoms with E-state index in [1.807, 2.05) is 4.90 Å². The molecule has 0 aromatic heterocycles. The molecule has 0 unspecified atom stereocenters. The van der Waals surface area contributed by atoms with Crippen LogP contribution in [0.5, 0.6) is 5.75 Å². The monoisotopic (exact) mass is 295 g/mol. The van der Waals surface area contributed by atoms with E-state index in [1.165, 1.54) is 18.2 Å². The molecule has 3 nitrogen and oxygen atoms in total. The number of nitrogens with zero attached hydrogens (tertiary/aromatic N) is 1. The summed E-state index contributed by atoms with van der Waals surface area (Å²) in [6.07, 6.45) is -3.78. The maximum atomic E-state index is 12.1. The normalized spacial score (nSPS) is 17.6. The van der Waals surface area contributed by atoms with Crippen molar-refractivity contribution in [3.63, 3.8) is 0 Å². The van der Waals surface area contributed by atoms with Crippen molar-refractivity contribution < 1.29 is 23.0 Å². The molecule has 0 aliphatic carbocycles. The Labute approximate surface area is 113 Å². The Balaban J connectivity index is 2.10. The second kappa shape index (κ2) is 5.46. The van der Waals surface area contributed by atoms with E-state index in [0.29, 0.717) is 25.9 Å². The van der Waals surface area contributed by atoms with Crippen LogP contribution in [-0.2, 0) is 0 Å². The van der Waals surface area contributed by atoms with Gasteiger partial charge in [-0.2, -0.15) is 0 Å². The van der Waals surface area contributed by atoms with Crippen molar-refractivity contribution in [3.05, 3.63) is 23.2 Å². The predicted molar refractivity (Wildman–Crippen MR) is 65.6 cm³/mol. The Bertz CT molecular complexity index is 445. The van der Waals surface area contributed by atoms with Crippen molar-refractivity contribution in [1.29, 1.82) is 0 Å². The van der Waals surface area contributed by atoms with E-state index in [1.54, 1.807) is 0 Å². The van der Waals surface area contributed by atoms with Gasteiger partial charge in [0.25, 0.3) is 0 Å². The van der Waals surface area contributed by atoms with Gasteiger partial charge < -0.3 is 14.7 Å². The topological polar surface area (TPSA) is 32.7 Å². The van der Waals surface area contributed by atoms with Crippen LogP contribution in [0.3, 0.4) is 0 Å². The minimum absolute atomic E-state index is 0.0825. The second-order valence-corrected chi connectivity index (χ2v) is 4.79. The Morgan fingerprint density at radius 2 is 1.89 bits per heavy atom. The molecule has 0 radical (unpaired) electrons. The van der Waals surface area contributed by atoms with Crippen LogP contribution < -0.4 is 9.64 Å². The van der Waals surface area contributed by atoms with Crippen LogP contribution in [0, 0.1) is 0 Å². The van der Waals surface area contributed by atoms with Crippen LogP contribution in [0.25, 0.3) is 0 Å². The van der Waals surface area contributed by atoms with Gasteiger partial charge in [0.1, 0.15) is 5.75 Å². The van der Waals surface area contributed by atoms with Crippen LogP contribution >= 0.6 is 11.6 Å². The molecular formula is C12H13ClF3NO2. The van der Waals surface area contributed by atoms with Crippen LogP contribution in [0.4, 0.5) is 18.9 Å². The molecule has 1 N–H and O–H groups in total. The molecule has 0 saturated carbocycles. The minimum Gasteiger partial charge on any atom is -0.404 e. The standard InChI is InChI=1S/C12H13ClF3NO2/c13-10-7-8(17-5-3-9(18)4-6-17)1-2-11(10)19-12(14,15)16/h1-2,7,9,18H,3-6H2. The first-order chi connectivity index (χ1) is 8.85. The fourth-order valence-electron chi connectivity index (χ4n) is 2.02. The number of hydrogen-bond acceptors (Lipinski definition) is 3. The summed E-state index contributed by atoms with van der Waals surface area (Å²) < 4.78 is 40.1. The first-order valence-electron chi connectivity index (χ1n) is 5.83. The molecule has 1 fully saturated rings. The Morgan fingerprint density at radius 3 is 2.42 bits per heavy atom. The van der Waals surface area contributed by atoms with Crippen molar-refractivity contribution in [2.75, 3.05) is 18.0 Å². The van der Waals surface area contributed by atoms with Gasteiger partial charge in [0, 0.05) is 18.8 Å². The summed E-state index contributed by atoms with van der Waals surface area (Å²) in [6, 6.07) is 4.18. The highest BCUT2D eigenvalue weighted by molar-refractivity contribution is 6.32.